The van der Waals surface area contributed by atoms with Gasteiger partial charge in [-0.1, -0.05) is 26.8 Å². The number of aromatic nitrogens is 4. The number of hydrogen-bond acceptors (Lipinski definition) is 4. The van der Waals surface area contributed by atoms with Gasteiger partial charge in [0.15, 0.2) is 11.6 Å². The zero-order chi connectivity index (χ0) is 15.2. The number of nitrogens with one attached hydrogen (secondary N) is 1. The summed E-state index contributed by atoms with van der Waals surface area (Å²) in [4.78, 5) is 9.23. The van der Waals surface area contributed by atoms with Gasteiger partial charge in [0.1, 0.15) is 5.82 Å². The van der Waals surface area contributed by atoms with E-state index in [-0.39, 0.29) is 0 Å². The van der Waals surface area contributed by atoms with Gasteiger partial charge in [0.25, 0.3) is 0 Å². The standard InChI is InChI=1S/C16H25N5/c1-5-10-17-11-13-8-9-16(18-12(13)4)21-15(7-3)19-14(6-2)20-21/h8-9,17H,5-7,10-11H2,1-4H3. The molecule has 2 rings (SSSR count). The van der Waals surface area contributed by atoms with Gasteiger partial charge in [0.05, 0.1) is 0 Å². The van der Waals surface area contributed by atoms with Crippen molar-refractivity contribution in [3.63, 3.8) is 0 Å². The van der Waals surface area contributed by atoms with Crippen LogP contribution in [0, 0.1) is 6.92 Å². The lowest BCUT2D eigenvalue weighted by atomic mass is 10.2. The van der Waals surface area contributed by atoms with Gasteiger partial charge in [-0.15, -0.1) is 5.10 Å². The van der Waals surface area contributed by atoms with Crippen LogP contribution in [0.2, 0.25) is 0 Å². The molecule has 0 atom stereocenters. The summed E-state index contributed by atoms with van der Waals surface area (Å²) in [6.07, 6.45) is 2.84. The van der Waals surface area contributed by atoms with E-state index < -0.39 is 0 Å². The molecule has 0 aliphatic heterocycles. The highest BCUT2D eigenvalue weighted by Crippen LogP contribution is 2.13. The first-order valence-electron chi connectivity index (χ1n) is 7.82. The van der Waals surface area contributed by atoms with Gasteiger partial charge in [0.2, 0.25) is 0 Å². The fraction of sp³-hybridized carbons (Fsp3) is 0.562. The molecular formula is C16H25N5. The SMILES string of the molecule is CCCNCc1ccc(-n2nc(CC)nc2CC)nc1C. The van der Waals surface area contributed by atoms with Crippen LogP contribution in [0.3, 0.4) is 0 Å². The number of pyridine rings is 1. The first-order chi connectivity index (χ1) is 10.2. The second kappa shape index (κ2) is 7.31. The van der Waals surface area contributed by atoms with Gasteiger partial charge >= 0.3 is 0 Å². The van der Waals surface area contributed by atoms with Crippen molar-refractivity contribution >= 4 is 0 Å². The lowest BCUT2D eigenvalue weighted by Crippen LogP contribution is -2.15. The minimum atomic E-state index is 0.845. The number of nitrogens with zero attached hydrogens (tertiary/aromatic N) is 4. The van der Waals surface area contributed by atoms with Gasteiger partial charge in [0, 0.05) is 25.1 Å². The van der Waals surface area contributed by atoms with Crippen LogP contribution >= 0.6 is 0 Å². The predicted octanol–water partition coefficient (Wildman–Crippen LogP) is 2.60. The molecule has 5 nitrogen and oxygen atoms in total. The minimum absolute atomic E-state index is 0.845. The summed E-state index contributed by atoms with van der Waals surface area (Å²) >= 11 is 0. The van der Waals surface area contributed by atoms with Crippen molar-refractivity contribution in [2.24, 2.45) is 0 Å². The van der Waals surface area contributed by atoms with Gasteiger partial charge in [-0.3, -0.25) is 0 Å². The van der Waals surface area contributed by atoms with E-state index in [4.69, 9.17) is 4.98 Å². The van der Waals surface area contributed by atoms with E-state index in [0.29, 0.717) is 0 Å². The molecule has 0 spiro atoms. The number of rotatable bonds is 7. The maximum absolute atomic E-state index is 4.70. The highest BCUT2D eigenvalue weighted by atomic mass is 15.4. The average Bonchev–Trinajstić information content (AvgIpc) is 2.92. The Morgan fingerprint density at radius 3 is 2.52 bits per heavy atom. The molecule has 0 saturated carbocycles. The fourth-order valence-corrected chi connectivity index (χ4v) is 2.24. The fourth-order valence-electron chi connectivity index (χ4n) is 2.24. The third kappa shape index (κ3) is 3.67. The van der Waals surface area contributed by atoms with Crippen LogP contribution in [0.25, 0.3) is 5.82 Å². The zero-order valence-corrected chi connectivity index (χ0v) is 13.5. The molecule has 0 aliphatic carbocycles. The van der Waals surface area contributed by atoms with Crippen LogP contribution < -0.4 is 5.32 Å². The lowest BCUT2D eigenvalue weighted by Gasteiger charge is -2.09. The Bertz CT molecular complexity index is 588. The smallest absolute Gasteiger partial charge is 0.155 e. The summed E-state index contributed by atoms with van der Waals surface area (Å²) in [5.74, 6) is 2.70. The first-order valence-corrected chi connectivity index (χ1v) is 7.82. The van der Waals surface area contributed by atoms with Gasteiger partial charge in [-0.25, -0.2) is 9.97 Å². The summed E-state index contributed by atoms with van der Waals surface area (Å²) in [6, 6.07) is 4.16. The van der Waals surface area contributed by atoms with Crippen molar-refractivity contribution in [2.75, 3.05) is 6.54 Å². The molecular weight excluding hydrogens is 262 g/mol. The van der Waals surface area contributed by atoms with Crippen molar-refractivity contribution < 1.29 is 0 Å². The second-order valence-electron chi connectivity index (χ2n) is 5.15. The quantitative estimate of drug-likeness (QED) is 0.795. The lowest BCUT2D eigenvalue weighted by molar-refractivity contribution is 0.669. The first kappa shape index (κ1) is 15.6. The molecule has 0 amide bonds. The summed E-state index contributed by atoms with van der Waals surface area (Å²) in [5.41, 5.74) is 2.28. The van der Waals surface area contributed by atoms with Crippen LogP contribution in [0.15, 0.2) is 12.1 Å². The Labute approximate surface area is 126 Å². The number of hydrogen-bond donors (Lipinski definition) is 1. The Balaban J connectivity index is 2.25. The zero-order valence-electron chi connectivity index (χ0n) is 13.5. The molecule has 0 saturated heterocycles. The number of aryl methyl sites for hydroxylation is 3. The Kier molecular flexibility index (Phi) is 5.44. The van der Waals surface area contributed by atoms with Crippen molar-refractivity contribution in [1.82, 2.24) is 25.1 Å². The topological polar surface area (TPSA) is 55.6 Å². The van der Waals surface area contributed by atoms with E-state index in [2.05, 4.69) is 49.2 Å². The molecule has 0 aliphatic rings. The summed E-state index contributed by atoms with van der Waals surface area (Å²) in [6.45, 7) is 10.3. The maximum atomic E-state index is 4.70. The third-order valence-electron chi connectivity index (χ3n) is 3.49. The molecule has 114 valence electrons. The van der Waals surface area contributed by atoms with Crippen LogP contribution in [0.1, 0.15) is 50.1 Å². The highest BCUT2D eigenvalue weighted by molar-refractivity contribution is 5.30. The monoisotopic (exact) mass is 287 g/mol. The van der Waals surface area contributed by atoms with Crippen molar-refractivity contribution in [3.8, 4) is 5.82 Å². The van der Waals surface area contributed by atoms with Crippen LogP contribution in [-0.2, 0) is 19.4 Å². The van der Waals surface area contributed by atoms with E-state index in [1.54, 1.807) is 0 Å². The molecule has 0 unspecified atom stereocenters. The van der Waals surface area contributed by atoms with Gasteiger partial charge < -0.3 is 5.32 Å². The van der Waals surface area contributed by atoms with E-state index in [0.717, 1.165) is 55.5 Å². The molecule has 1 N–H and O–H groups in total. The van der Waals surface area contributed by atoms with Crippen LogP contribution in [-0.4, -0.2) is 26.3 Å². The molecule has 0 bridgehead atoms. The van der Waals surface area contributed by atoms with Crippen molar-refractivity contribution in [3.05, 3.63) is 35.0 Å². The van der Waals surface area contributed by atoms with E-state index in [9.17, 15) is 0 Å². The van der Waals surface area contributed by atoms with E-state index >= 15 is 0 Å². The largest absolute Gasteiger partial charge is 0.313 e. The summed E-state index contributed by atoms with van der Waals surface area (Å²) in [7, 11) is 0. The van der Waals surface area contributed by atoms with Gasteiger partial charge in [-0.05, 0) is 31.5 Å². The van der Waals surface area contributed by atoms with Crippen LogP contribution in [0.4, 0.5) is 0 Å². The molecule has 5 heteroatoms. The molecule has 2 heterocycles. The minimum Gasteiger partial charge on any atom is -0.313 e. The normalized spacial score (nSPS) is 11.0. The van der Waals surface area contributed by atoms with E-state index in [1.807, 2.05) is 10.7 Å². The molecule has 0 radical (unpaired) electrons. The Morgan fingerprint density at radius 2 is 1.90 bits per heavy atom. The maximum Gasteiger partial charge on any atom is 0.155 e. The molecule has 0 aromatic carbocycles. The second-order valence-corrected chi connectivity index (χ2v) is 5.15. The predicted molar refractivity (Wildman–Crippen MR) is 84.6 cm³/mol. The summed E-state index contributed by atoms with van der Waals surface area (Å²) < 4.78 is 1.87. The van der Waals surface area contributed by atoms with Crippen molar-refractivity contribution in [1.29, 1.82) is 0 Å². The molecule has 2 aromatic rings. The van der Waals surface area contributed by atoms with Crippen molar-refractivity contribution in [2.45, 2.75) is 53.5 Å². The Morgan fingerprint density at radius 1 is 1.10 bits per heavy atom. The molecule has 21 heavy (non-hydrogen) atoms. The molecule has 0 fully saturated rings. The summed E-state index contributed by atoms with van der Waals surface area (Å²) in [5, 5.41) is 7.96. The third-order valence-corrected chi connectivity index (χ3v) is 3.49. The van der Waals surface area contributed by atoms with Gasteiger partial charge in [-0.2, -0.15) is 4.68 Å². The van der Waals surface area contributed by atoms with E-state index in [1.165, 1.54) is 5.56 Å². The average molecular weight is 287 g/mol. The molecule has 2 aromatic heterocycles. The highest BCUT2D eigenvalue weighted by Gasteiger charge is 2.11. The van der Waals surface area contributed by atoms with Crippen LogP contribution in [0.5, 0.6) is 0 Å². The Hall–Kier alpha value is -1.75.